The van der Waals surface area contributed by atoms with Crippen LogP contribution < -0.4 is 11.1 Å². The van der Waals surface area contributed by atoms with Gasteiger partial charge in [-0.15, -0.1) is 0 Å². The maximum Gasteiger partial charge on any atom is 0.322 e. The molecule has 10 nitrogen and oxygen atoms in total. The van der Waals surface area contributed by atoms with Gasteiger partial charge in [-0.2, -0.15) is 5.26 Å². The fourth-order valence-electron chi connectivity index (χ4n) is 4.77. The van der Waals surface area contributed by atoms with Gasteiger partial charge in [0.1, 0.15) is 6.07 Å². The van der Waals surface area contributed by atoms with Crippen molar-refractivity contribution < 1.29 is 19.1 Å². The second-order valence-corrected chi connectivity index (χ2v) is 8.82. The maximum atomic E-state index is 13.0. The summed E-state index contributed by atoms with van der Waals surface area (Å²) >= 11 is 0. The van der Waals surface area contributed by atoms with Crippen LogP contribution in [0.25, 0.3) is 0 Å². The highest BCUT2D eigenvalue weighted by molar-refractivity contribution is 5.98. The summed E-state index contributed by atoms with van der Waals surface area (Å²) in [6.07, 6.45) is 1.98. The van der Waals surface area contributed by atoms with Crippen LogP contribution in [-0.2, 0) is 17.8 Å². The van der Waals surface area contributed by atoms with Crippen LogP contribution in [0.15, 0.2) is 24.3 Å². The Kier molecular flexibility index (Phi) is 5.71. The van der Waals surface area contributed by atoms with Crippen LogP contribution in [0.3, 0.4) is 0 Å². The molecule has 0 atom stereocenters. The molecular weight excluding hydrogens is 436 g/mol. The number of hydrogen-bond acceptors (Lipinski definition) is 5. The number of nitrogens with one attached hydrogen (secondary N) is 1. The van der Waals surface area contributed by atoms with Crippen molar-refractivity contribution in [3.8, 4) is 6.07 Å². The number of amides is 4. The van der Waals surface area contributed by atoms with E-state index in [4.69, 9.17) is 10.5 Å². The molecule has 3 heterocycles. The number of fused-ring (bicyclic) bond motifs is 1. The average molecular weight is 463 g/mol. The van der Waals surface area contributed by atoms with Crippen molar-refractivity contribution in [2.45, 2.75) is 31.8 Å². The van der Waals surface area contributed by atoms with Crippen molar-refractivity contribution in [2.75, 3.05) is 38.2 Å². The number of carbonyl (C=O) groups excluding carboxylic acids is 3. The van der Waals surface area contributed by atoms with Crippen LogP contribution in [0.1, 0.15) is 56.4 Å². The number of nitrogens with zero attached hydrogens (tertiary/aromatic N) is 4. The first-order valence-corrected chi connectivity index (χ1v) is 11.5. The molecule has 0 unspecified atom stereocenters. The Morgan fingerprint density at radius 2 is 1.74 bits per heavy atom. The predicted molar refractivity (Wildman–Crippen MR) is 122 cm³/mol. The smallest absolute Gasteiger partial charge is 0.322 e. The summed E-state index contributed by atoms with van der Waals surface area (Å²) in [4.78, 5) is 41.1. The molecule has 5 rings (SSSR count). The lowest BCUT2D eigenvalue weighted by atomic mass is 10.1. The lowest BCUT2D eigenvalue weighted by Crippen LogP contribution is -2.41. The normalized spacial score (nSPS) is 17.6. The quantitative estimate of drug-likeness (QED) is 0.715. The molecule has 1 aliphatic carbocycles. The van der Waals surface area contributed by atoms with Crippen LogP contribution in [0.5, 0.6) is 0 Å². The van der Waals surface area contributed by atoms with Gasteiger partial charge in [-0.1, -0.05) is 0 Å². The summed E-state index contributed by atoms with van der Waals surface area (Å²) in [5, 5.41) is 12.6. The molecule has 2 aromatic rings. The van der Waals surface area contributed by atoms with Crippen LogP contribution in [0, 0.1) is 11.3 Å². The summed E-state index contributed by atoms with van der Waals surface area (Å²) in [5.74, 6) is -0.424. The summed E-state index contributed by atoms with van der Waals surface area (Å²) in [6.45, 7) is 3.35. The van der Waals surface area contributed by atoms with Gasteiger partial charge in [0.25, 0.3) is 11.8 Å². The maximum absolute atomic E-state index is 13.0. The van der Waals surface area contributed by atoms with Gasteiger partial charge in [0.15, 0.2) is 0 Å². The lowest BCUT2D eigenvalue weighted by molar-refractivity contribution is 0.0303. The zero-order chi connectivity index (χ0) is 23.8. The zero-order valence-corrected chi connectivity index (χ0v) is 18.7. The number of hydrogen-bond donors (Lipinski definition) is 2. The molecule has 0 radical (unpaired) electrons. The molecule has 34 heavy (non-hydrogen) atoms. The van der Waals surface area contributed by atoms with Gasteiger partial charge in [-0.05, 0) is 37.1 Å². The predicted octanol–water partition coefficient (Wildman–Crippen LogP) is 1.86. The zero-order valence-electron chi connectivity index (χ0n) is 18.7. The number of morpholine rings is 1. The van der Waals surface area contributed by atoms with Crippen molar-refractivity contribution in [2.24, 2.45) is 5.73 Å². The minimum absolute atomic E-state index is 0.0586. The highest BCUT2D eigenvalue weighted by Gasteiger charge is 2.37. The SMILES string of the molecule is N#Cc1c(C(N)=O)c2n(c1C1CC1)CCN(C(=O)Nc1ccc(C(=O)N3CCOCC3)cc1)C2. The van der Waals surface area contributed by atoms with Gasteiger partial charge < -0.3 is 30.2 Å². The van der Waals surface area contributed by atoms with Crippen LogP contribution in [-0.4, -0.2) is 65.1 Å². The van der Waals surface area contributed by atoms with E-state index in [1.54, 1.807) is 34.1 Å². The molecule has 2 fully saturated rings. The topological polar surface area (TPSA) is 134 Å². The number of rotatable bonds is 4. The van der Waals surface area contributed by atoms with Crippen LogP contribution in [0.2, 0.25) is 0 Å². The molecule has 0 bridgehead atoms. The lowest BCUT2D eigenvalue weighted by Gasteiger charge is -2.30. The summed E-state index contributed by atoms with van der Waals surface area (Å²) in [7, 11) is 0. The van der Waals surface area contributed by atoms with Crippen molar-refractivity contribution >= 4 is 23.5 Å². The molecule has 0 spiro atoms. The number of nitrogens with two attached hydrogens (primary N) is 1. The van der Waals surface area contributed by atoms with Crippen molar-refractivity contribution in [3.05, 3.63) is 52.3 Å². The molecule has 1 aromatic carbocycles. The number of nitriles is 1. The van der Waals surface area contributed by atoms with E-state index in [1.807, 2.05) is 4.57 Å². The first kappa shape index (κ1) is 22.0. The van der Waals surface area contributed by atoms with E-state index in [9.17, 15) is 19.6 Å². The Balaban J connectivity index is 1.29. The largest absolute Gasteiger partial charge is 0.378 e. The summed E-state index contributed by atoms with van der Waals surface area (Å²) in [5.41, 5.74) is 8.83. The van der Waals surface area contributed by atoms with E-state index >= 15 is 0 Å². The Hall–Kier alpha value is -3.84. The molecule has 1 aromatic heterocycles. The standard InChI is InChI=1S/C24H26N6O4/c25-13-18-20(22(26)31)19-14-29(7-8-30(19)21(18)15-1-2-15)24(33)27-17-5-3-16(4-6-17)23(32)28-9-11-34-12-10-28/h3-6,15H,1-2,7-12,14H2,(H2,26,31)(H,27,33). The van der Waals surface area contributed by atoms with Crippen molar-refractivity contribution in [1.82, 2.24) is 14.4 Å². The molecule has 10 heteroatoms. The van der Waals surface area contributed by atoms with Gasteiger partial charge in [0.05, 0.1) is 36.6 Å². The first-order valence-electron chi connectivity index (χ1n) is 11.5. The van der Waals surface area contributed by atoms with E-state index in [-0.39, 0.29) is 30.0 Å². The van der Waals surface area contributed by atoms with E-state index in [1.165, 1.54) is 0 Å². The molecule has 3 aliphatic rings. The molecule has 2 aliphatic heterocycles. The van der Waals surface area contributed by atoms with Gasteiger partial charge in [0.2, 0.25) is 0 Å². The molecule has 3 N–H and O–H groups in total. The Morgan fingerprint density at radius 1 is 1.03 bits per heavy atom. The monoisotopic (exact) mass is 462 g/mol. The van der Waals surface area contributed by atoms with Gasteiger partial charge >= 0.3 is 6.03 Å². The molecule has 1 saturated carbocycles. The molecular formula is C24H26N6O4. The number of carbonyl (C=O) groups is 3. The van der Waals surface area contributed by atoms with Crippen molar-refractivity contribution in [1.29, 1.82) is 5.26 Å². The third-order valence-corrected chi connectivity index (χ3v) is 6.64. The highest BCUT2D eigenvalue weighted by atomic mass is 16.5. The van der Waals surface area contributed by atoms with Crippen LogP contribution >= 0.6 is 0 Å². The number of ether oxygens (including phenoxy) is 1. The highest BCUT2D eigenvalue weighted by Crippen LogP contribution is 2.44. The summed E-state index contributed by atoms with van der Waals surface area (Å²) < 4.78 is 7.29. The number of benzene rings is 1. The number of primary amides is 1. The Labute approximate surface area is 196 Å². The molecule has 4 amide bonds. The second kappa shape index (κ2) is 8.83. The third kappa shape index (κ3) is 3.99. The Morgan fingerprint density at radius 3 is 2.35 bits per heavy atom. The van der Waals surface area contributed by atoms with Gasteiger partial charge in [-0.25, -0.2) is 4.79 Å². The van der Waals surface area contributed by atoms with Crippen LogP contribution in [0.4, 0.5) is 10.5 Å². The van der Waals surface area contributed by atoms with E-state index in [2.05, 4.69) is 11.4 Å². The second-order valence-electron chi connectivity index (χ2n) is 8.82. The van der Waals surface area contributed by atoms with E-state index in [0.717, 1.165) is 18.5 Å². The Bertz CT molecular complexity index is 1190. The first-order chi connectivity index (χ1) is 16.5. The number of urea groups is 1. The molecule has 1 saturated heterocycles. The van der Waals surface area contributed by atoms with E-state index < -0.39 is 5.91 Å². The van der Waals surface area contributed by atoms with Gasteiger partial charge in [-0.3, -0.25) is 9.59 Å². The number of anilines is 1. The average Bonchev–Trinajstić information content (AvgIpc) is 3.64. The number of aromatic nitrogens is 1. The molecule has 176 valence electrons. The summed E-state index contributed by atoms with van der Waals surface area (Å²) in [6, 6.07) is 8.64. The minimum Gasteiger partial charge on any atom is -0.378 e. The van der Waals surface area contributed by atoms with Gasteiger partial charge in [0, 0.05) is 49.0 Å². The fourth-order valence-corrected chi connectivity index (χ4v) is 4.77. The van der Waals surface area contributed by atoms with Crippen molar-refractivity contribution in [3.63, 3.8) is 0 Å². The third-order valence-electron chi connectivity index (χ3n) is 6.64. The minimum atomic E-state index is -0.644. The fraction of sp³-hybridized carbons (Fsp3) is 0.417. The van der Waals surface area contributed by atoms with E-state index in [0.29, 0.717) is 61.9 Å².